The molecule has 0 spiro atoms. The number of ether oxygens (including phenoxy) is 1. The van der Waals surface area contributed by atoms with Crippen LogP contribution < -0.4 is 5.73 Å². The van der Waals surface area contributed by atoms with E-state index in [-0.39, 0.29) is 28.8 Å². The Kier molecular flexibility index (Phi) is 4.69. The topological polar surface area (TPSA) is 81.6 Å². The molecule has 2 N–H and O–H groups in total. The van der Waals surface area contributed by atoms with Gasteiger partial charge in [0.25, 0.3) is 5.69 Å². The first kappa shape index (κ1) is 14.9. The second kappa shape index (κ2) is 6.30. The first-order valence-corrected chi connectivity index (χ1v) is 6.85. The molecule has 0 radical (unpaired) electrons. The van der Waals surface area contributed by atoms with Crippen molar-refractivity contribution in [1.82, 2.24) is 4.90 Å². The minimum absolute atomic E-state index is 0.0195. The highest BCUT2D eigenvalue weighted by Crippen LogP contribution is 2.30. The van der Waals surface area contributed by atoms with Crippen LogP contribution in [-0.4, -0.2) is 41.7 Å². The van der Waals surface area contributed by atoms with Gasteiger partial charge in [0.2, 0.25) is 0 Å². The van der Waals surface area contributed by atoms with Crippen LogP contribution in [0.25, 0.3) is 0 Å². The molecule has 3 unspecified atom stereocenters. The molecule has 1 fully saturated rings. The third-order valence-electron chi connectivity index (χ3n) is 3.84. The lowest BCUT2D eigenvalue weighted by Crippen LogP contribution is -2.50. The third kappa shape index (κ3) is 3.15. The molecule has 110 valence electrons. The zero-order valence-electron chi connectivity index (χ0n) is 11.9. The summed E-state index contributed by atoms with van der Waals surface area (Å²) in [5, 5.41) is 11.1. The summed E-state index contributed by atoms with van der Waals surface area (Å²) in [6, 6.07) is 6.83. The molecule has 2 rings (SSSR count). The van der Waals surface area contributed by atoms with Crippen molar-refractivity contribution in [1.29, 1.82) is 0 Å². The number of hydrogen-bond donors (Lipinski definition) is 1. The molecule has 3 atom stereocenters. The van der Waals surface area contributed by atoms with Crippen molar-refractivity contribution in [3.8, 4) is 0 Å². The van der Waals surface area contributed by atoms with E-state index in [1.807, 2.05) is 26.0 Å². The smallest absolute Gasteiger partial charge is 0.274 e. The zero-order valence-corrected chi connectivity index (χ0v) is 11.9. The molecular weight excluding hydrogens is 258 g/mol. The molecular formula is C14H21N3O3. The predicted molar refractivity (Wildman–Crippen MR) is 76.5 cm³/mol. The number of nitrogens with two attached hydrogens (primary N) is 1. The molecule has 1 aromatic carbocycles. The van der Waals surface area contributed by atoms with Crippen LogP contribution in [0.2, 0.25) is 0 Å². The fraction of sp³-hybridized carbons (Fsp3) is 0.571. The first-order valence-electron chi connectivity index (χ1n) is 6.85. The maximum absolute atomic E-state index is 11.1. The minimum atomic E-state index is -0.324. The van der Waals surface area contributed by atoms with Crippen LogP contribution in [0.3, 0.4) is 0 Å². The number of nitrogens with zero attached hydrogens (tertiary/aromatic N) is 2. The van der Waals surface area contributed by atoms with Gasteiger partial charge in [0.1, 0.15) is 0 Å². The normalized spacial score (nSPS) is 23.2. The lowest BCUT2D eigenvalue weighted by atomic mass is 10.0. The van der Waals surface area contributed by atoms with Gasteiger partial charge in [-0.05, 0) is 13.8 Å². The fourth-order valence-corrected chi connectivity index (χ4v) is 2.57. The summed E-state index contributed by atoms with van der Waals surface area (Å²) in [6.07, 6.45) is -0.0195. The zero-order chi connectivity index (χ0) is 14.7. The van der Waals surface area contributed by atoms with E-state index in [0.29, 0.717) is 13.2 Å². The van der Waals surface area contributed by atoms with Crippen molar-refractivity contribution >= 4 is 5.69 Å². The number of rotatable bonds is 4. The van der Waals surface area contributed by atoms with Crippen molar-refractivity contribution < 1.29 is 9.66 Å². The number of nitro benzene ring substituents is 1. The van der Waals surface area contributed by atoms with Crippen LogP contribution in [0.15, 0.2) is 24.3 Å². The van der Waals surface area contributed by atoms with Gasteiger partial charge in [-0.15, -0.1) is 0 Å². The number of hydrogen-bond acceptors (Lipinski definition) is 5. The number of morpholine rings is 1. The van der Waals surface area contributed by atoms with Crippen molar-refractivity contribution in [3.05, 3.63) is 39.9 Å². The van der Waals surface area contributed by atoms with Crippen molar-refractivity contribution in [2.24, 2.45) is 5.73 Å². The SMILES string of the molecule is CC(N)C1CN(C(C)c2ccccc2[N+](=O)[O-])CCO1. The Morgan fingerprint density at radius 3 is 2.80 bits per heavy atom. The molecule has 0 aromatic heterocycles. The highest BCUT2D eigenvalue weighted by Gasteiger charge is 2.29. The summed E-state index contributed by atoms with van der Waals surface area (Å²) in [4.78, 5) is 13.0. The van der Waals surface area contributed by atoms with E-state index in [2.05, 4.69) is 4.90 Å². The van der Waals surface area contributed by atoms with Gasteiger partial charge in [0.05, 0.1) is 17.6 Å². The average Bonchev–Trinajstić information content (AvgIpc) is 2.46. The minimum Gasteiger partial charge on any atom is -0.374 e. The third-order valence-corrected chi connectivity index (χ3v) is 3.84. The van der Waals surface area contributed by atoms with Crippen LogP contribution in [0.4, 0.5) is 5.69 Å². The van der Waals surface area contributed by atoms with Gasteiger partial charge in [-0.2, -0.15) is 0 Å². The summed E-state index contributed by atoms with van der Waals surface area (Å²) < 4.78 is 5.63. The molecule has 20 heavy (non-hydrogen) atoms. The maximum Gasteiger partial charge on any atom is 0.274 e. The molecule has 1 aromatic rings. The van der Waals surface area contributed by atoms with Gasteiger partial charge >= 0.3 is 0 Å². The Morgan fingerprint density at radius 2 is 2.15 bits per heavy atom. The molecule has 1 aliphatic rings. The average molecular weight is 279 g/mol. The summed E-state index contributed by atoms with van der Waals surface area (Å²) >= 11 is 0. The Labute approximate surface area is 118 Å². The highest BCUT2D eigenvalue weighted by molar-refractivity contribution is 5.41. The van der Waals surface area contributed by atoms with Gasteiger partial charge in [-0.1, -0.05) is 18.2 Å². The second-order valence-corrected chi connectivity index (χ2v) is 5.26. The van der Waals surface area contributed by atoms with Crippen LogP contribution in [0, 0.1) is 10.1 Å². The Balaban J connectivity index is 2.18. The van der Waals surface area contributed by atoms with Gasteiger partial charge in [0, 0.05) is 36.8 Å². The van der Waals surface area contributed by atoms with Gasteiger partial charge in [-0.25, -0.2) is 0 Å². The standard InChI is InChI=1S/C14H21N3O3/c1-10(15)14-9-16(7-8-20-14)11(2)12-5-3-4-6-13(12)17(18)19/h3-6,10-11,14H,7-9,15H2,1-2H3. The van der Waals surface area contributed by atoms with E-state index in [1.54, 1.807) is 12.1 Å². The van der Waals surface area contributed by atoms with Crippen LogP contribution >= 0.6 is 0 Å². The highest BCUT2D eigenvalue weighted by atomic mass is 16.6. The van der Waals surface area contributed by atoms with E-state index >= 15 is 0 Å². The van der Waals surface area contributed by atoms with Gasteiger partial charge < -0.3 is 10.5 Å². The van der Waals surface area contributed by atoms with E-state index in [1.165, 1.54) is 0 Å². The van der Waals surface area contributed by atoms with Gasteiger partial charge in [0.15, 0.2) is 0 Å². The Morgan fingerprint density at radius 1 is 1.45 bits per heavy atom. The van der Waals surface area contributed by atoms with E-state index in [4.69, 9.17) is 10.5 Å². The first-order chi connectivity index (χ1) is 9.50. The quantitative estimate of drug-likeness (QED) is 0.670. The lowest BCUT2D eigenvalue weighted by Gasteiger charge is -2.38. The monoisotopic (exact) mass is 279 g/mol. The van der Waals surface area contributed by atoms with Gasteiger partial charge in [-0.3, -0.25) is 15.0 Å². The number of nitro groups is 1. The Hall–Kier alpha value is -1.50. The molecule has 0 bridgehead atoms. The largest absolute Gasteiger partial charge is 0.374 e. The maximum atomic E-state index is 11.1. The molecule has 6 heteroatoms. The van der Waals surface area contributed by atoms with E-state index < -0.39 is 0 Å². The van der Waals surface area contributed by atoms with E-state index in [0.717, 1.165) is 12.1 Å². The molecule has 1 saturated heterocycles. The van der Waals surface area contributed by atoms with Crippen LogP contribution in [-0.2, 0) is 4.74 Å². The Bertz CT molecular complexity index is 478. The summed E-state index contributed by atoms with van der Waals surface area (Å²) in [6.45, 7) is 5.98. The summed E-state index contributed by atoms with van der Waals surface area (Å²) in [7, 11) is 0. The summed E-state index contributed by atoms with van der Waals surface area (Å²) in [5.74, 6) is 0. The molecule has 0 aliphatic carbocycles. The number of benzene rings is 1. The fourth-order valence-electron chi connectivity index (χ4n) is 2.57. The predicted octanol–water partition coefficient (Wildman–Crippen LogP) is 1.70. The van der Waals surface area contributed by atoms with Crippen LogP contribution in [0.1, 0.15) is 25.5 Å². The van der Waals surface area contributed by atoms with Crippen molar-refractivity contribution in [3.63, 3.8) is 0 Å². The van der Waals surface area contributed by atoms with Crippen molar-refractivity contribution in [2.45, 2.75) is 32.0 Å². The second-order valence-electron chi connectivity index (χ2n) is 5.26. The summed E-state index contributed by atoms with van der Waals surface area (Å²) in [5.41, 5.74) is 6.80. The molecule has 0 amide bonds. The van der Waals surface area contributed by atoms with Crippen molar-refractivity contribution in [2.75, 3.05) is 19.7 Å². The van der Waals surface area contributed by atoms with Crippen LogP contribution in [0.5, 0.6) is 0 Å². The number of para-hydroxylation sites is 1. The molecule has 0 saturated carbocycles. The molecule has 1 aliphatic heterocycles. The molecule has 1 heterocycles. The van der Waals surface area contributed by atoms with E-state index in [9.17, 15) is 10.1 Å². The lowest BCUT2D eigenvalue weighted by molar-refractivity contribution is -0.386. The molecule has 6 nitrogen and oxygen atoms in total.